The maximum absolute atomic E-state index is 11.4. The quantitative estimate of drug-likeness (QED) is 0.792. The molecule has 100 valence electrons. The van der Waals surface area contributed by atoms with Crippen LogP contribution in [0.2, 0.25) is 0 Å². The monoisotopic (exact) mass is 265 g/mol. The van der Waals surface area contributed by atoms with Gasteiger partial charge in [-0.2, -0.15) is 0 Å². The molecule has 1 aromatic carbocycles. The fourth-order valence-corrected chi connectivity index (χ4v) is 1.57. The number of hydrogen-bond donors (Lipinski definition) is 2. The van der Waals surface area contributed by atoms with Crippen molar-refractivity contribution >= 4 is 18.1 Å². The number of rotatable bonds is 3. The molecule has 0 radical (unpaired) electrons. The summed E-state index contributed by atoms with van der Waals surface area (Å²) < 4.78 is 14.7. The summed E-state index contributed by atoms with van der Waals surface area (Å²) in [5.74, 6) is -0.394. The van der Waals surface area contributed by atoms with Crippen molar-refractivity contribution < 1.29 is 28.9 Å². The van der Waals surface area contributed by atoms with Gasteiger partial charge in [-0.3, -0.25) is 10.1 Å². The Morgan fingerprint density at radius 2 is 2.00 bits per heavy atom. The average Bonchev–Trinajstić information content (AvgIpc) is 2.69. The number of ether oxygens (including phenoxy) is 3. The number of benzene rings is 1. The Kier molecular flexibility index (Phi) is 3.28. The van der Waals surface area contributed by atoms with Gasteiger partial charge in [-0.05, 0) is 0 Å². The van der Waals surface area contributed by atoms with Crippen LogP contribution in [0.1, 0.15) is 5.56 Å². The number of phenolic OH excluding ortho intramolecular Hbond substituents is 1. The van der Waals surface area contributed by atoms with Crippen LogP contribution in [-0.4, -0.2) is 31.3 Å². The Balaban J connectivity index is 2.48. The third-order valence-corrected chi connectivity index (χ3v) is 2.47. The van der Waals surface area contributed by atoms with Crippen LogP contribution in [-0.2, 0) is 9.53 Å². The highest BCUT2D eigenvalue weighted by atomic mass is 16.6. The summed E-state index contributed by atoms with van der Waals surface area (Å²) in [4.78, 5) is 22.2. The van der Waals surface area contributed by atoms with E-state index in [-0.39, 0.29) is 22.8 Å². The fraction of sp³-hybridized carbons (Fsp3) is 0.167. The predicted molar refractivity (Wildman–Crippen MR) is 63.8 cm³/mol. The molecule has 1 aliphatic heterocycles. The summed E-state index contributed by atoms with van der Waals surface area (Å²) in [6.07, 6.45) is 0.358. The molecule has 2 rings (SSSR count). The lowest BCUT2D eigenvalue weighted by Crippen LogP contribution is -2.18. The minimum absolute atomic E-state index is 0.167. The van der Waals surface area contributed by atoms with Crippen molar-refractivity contribution in [1.82, 2.24) is 5.32 Å². The van der Waals surface area contributed by atoms with Crippen molar-refractivity contribution in [2.45, 2.75) is 0 Å². The van der Waals surface area contributed by atoms with E-state index in [4.69, 9.17) is 9.47 Å². The molecular weight excluding hydrogens is 254 g/mol. The molecule has 2 N–H and O–H groups in total. The second-order valence-electron chi connectivity index (χ2n) is 3.61. The Morgan fingerprint density at radius 1 is 1.26 bits per heavy atom. The van der Waals surface area contributed by atoms with E-state index in [1.165, 1.54) is 32.4 Å². The second-order valence-corrected chi connectivity index (χ2v) is 3.61. The summed E-state index contributed by atoms with van der Waals surface area (Å²) in [5.41, 5.74) is 0.211. The van der Waals surface area contributed by atoms with E-state index >= 15 is 0 Å². The van der Waals surface area contributed by atoms with Crippen LogP contribution in [0.4, 0.5) is 4.79 Å². The zero-order valence-corrected chi connectivity index (χ0v) is 10.2. The number of phenols is 1. The number of carbonyl (C=O) groups excluding carboxylic acids is 2. The molecule has 7 heteroatoms. The average molecular weight is 265 g/mol. The van der Waals surface area contributed by atoms with Crippen molar-refractivity contribution in [3.8, 4) is 17.2 Å². The highest BCUT2D eigenvalue weighted by Crippen LogP contribution is 2.35. The van der Waals surface area contributed by atoms with Gasteiger partial charge in [0.05, 0.1) is 19.8 Å². The molecule has 19 heavy (non-hydrogen) atoms. The molecule has 1 fully saturated rings. The topological polar surface area (TPSA) is 94.1 Å². The van der Waals surface area contributed by atoms with E-state index in [0.29, 0.717) is 5.75 Å². The Hall–Kier alpha value is -2.70. The SMILES string of the molecule is COc1cc(O)c(C=C2OC(=O)NC2=O)c(OC)c1. The Morgan fingerprint density at radius 3 is 2.53 bits per heavy atom. The lowest BCUT2D eigenvalue weighted by Gasteiger charge is -2.09. The van der Waals surface area contributed by atoms with Gasteiger partial charge in [0.25, 0.3) is 5.91 Å². The third-order valence-electron chi connectivity index (χ3n) is 2.47. The van der Waals surface area contributed by atoms with Crippen molar-refractivity contribution in [3.05, 3.63) is 23.5 Å². The van der Waals surface area contributed by atoms with Crippen LogP contribution >= 0.6 is 0 Å². The molecule has 1 saturated heterocycles. The zero-order chi connectivity index (χ0) is 14.0. The first-order valence-corrected chi connectivity index (χ1v) is 5.25. The summed E-state index contributed by atoms with van der Waals surface area (Å²) in [5, 5.41) is 11.8. The number of amides is 2. The van der Waals surface area contributed by atoms with E-state index in [1.807, 2.05) is 5.32 Å². The van der Waals surface area contributed by atoms with Gasteiger partial charge >= 0.3 is 6.09 Å². The minimum atomic E-state index is -0.858. The third kappa shape index (κ3) is 2.44. The van der Waals surface area contributed by atoms with Crippen LogP contribution < -0.4 is 14.8 Å². The zero-order valence-electron chi connectivity index (χ0n) is 10.2. The first kappa shape index (κ1) is 12.7. The van der Waals surface area contributed by atoms with Crippen LogP contribution in [0.25, 0.3) is 6.08 Å². The van der Waals surface area contributed by atoms with E-state index in [2.05, 4.69) is 4.74 Å². The Bertz CT molecular complexity index is 578. The highest BCUT2D eigenvalue weighted by Gasteiger charge is 2.27. The molecule has 0 aliphatic carbocycles. The maximum Gasteiger partial charge on any atom is 0.419 e. The molecule has 0 spiro atoms. The van der Waals surface area contributed by atoms with Gasteiger partial charge in [0.15, 0.2) is 5.76 Å². The van der Waals surface area contributed by atoms with Gasteiger partial charge in [0, 0.05) is 18.2 Å². The smallest absolute Gasteiger partial charge is 0.419 e. The normalized spacial score (nSPS) is 16.2. The van der Waals surface area contributed by atoms with Crippen LogP contribution in [0.15, 0.2) is 17.9 Å². The lowest BCUT2D eigenvalue weighted by molar-refractivity contribution is -0.116. The molecule has 1 heterocycles. The van der Waals surface area contributed by atoms with E-state index in [9.17, 15) is 14.7 Å². The maximum atomic E-state index is 11.4. The second kappa shape index (κ2) is 4.89. The fourth-order valence-electron chi connectivity index (χ4n) is 1.57. The van der Waals surface area contributed by atoms with Crippen LogP contribution in [0.3, 0.4) is 0 Å². The number of aromatic hydroxyl groups is 1. The molecule has 0 saturated carbocycles. The number of alkyl carbamates (subject to hydrolysis) is 1. The summed E-state index contributed by atoms with van der Waals surface area (Å²) in [7, 11) is 2.84. The number of cyclic esters (lactones) is 1. The standard InChI is InChI=1S/C12H11NO6/c1-17-6-3-8(14)7(9(4-6)18-2)5-10-11(15)13-12(16)19-10/h3-5,14H,1-2H3,(H,13,15,16). The number of imide groups is 1. The molecule has 2 amide bonds. The van der Waals surface area contributed by atoms with Gasteiger partial charge in [0.2, 0.25) is 0 Å². The van der Waals surface area contributed by atoms with Crippen molar-refractivity contribution in [2.24, 2.45) is 0 Å². The molecular formula is C12H11NO6. The van der Waals surface area contributed by atoms with Crippen molar-refractivity contribution in [2.75, 3.05) is 14.2 Å². The highest BCUT2D eigenvalue weighted by molar-refractivity contribution is 6.10. The first-order chi connectivity index (χ1) is 9.05. The van der Waals surface area contributed by atoms with Crippen molar-refractivity contribution in [1.29, 1.82) is 0 Å². The van der Waals surface area contributed by atoms with Gasteiger partial charge < -0.3 is 19.3 Å². The molecule has 1 aliphatic rings. The van der Waals surface area contributed by atoms with Gasteiger partial charge in [-0.15, -0.1) is 0 Å². The number of hydrogen-bond acceptors (Lipinski definition) is 6. The number of nitrogens with one attached hydrogen (secondary N) is 1. The molecule has 0 aromatic heterocycles. The van der Waals surface area contributed by atoms with Crippen LogP contribution in [0.5, 0.6) is 17.2 Å². The molecule has 0 unspecified atom stereocenters. The summed E-state index contributed by atoms with van der Waals surface area (Å²) >= 11 is 0. The van der Waals surface area contributed by atoms with Crippen molar-refractivity contribution in [3.63, 3.8) is 0 Å². The van der Waals surface area contributed by atoms with E-state index in [1.54, 1.807) is 0 Å². The van der Waals surface area contributed by atoms with E-state index in [0.717, 1.165) is 0 Å². The Labute approximate surface area is 108 Å². The molecule has 1 aromatic rings. The molecule has 7 nitrogen and oxygen atoms in total. The first-order valence-electron chi connectivity index (χ1n) is 5.25. The number of carbonyl (C=O) groups is 2. The van der Waals surface area contributed by atoms with Gasteiger partial charge in [0.1, 0.15) is 17.2 Å². The van der Waals surface area contributed by atoms with E-state index < -0.39 is 12.0 Å². The molecule has 0 atom stereocenters. The summed E-state index contributed by atoms with van der Waals surface area (Å²) in [6, 6.07) is 2.88. The van der Waals surface area contributed by atoms with Crippen LogP contribution in [0, 0.1) is 0 Å². The largest absolute Gasteiger partial charge is 0.507 e. The summed E-state index contributed by atoms with van der Waals surface area (Å²) in [6.45, 7) is 0. The predicted octanol–water partition coefficient (Wildman–Crippen LogP) is 1.02. The van der Waals surface area contributed by atoms with Gasteiger partial charge in [-0.1, -0.05) is 0 Å². The minimum Gasteiger partial charge on any atom is -0.507 e. The lowest BCUT2D eigenvalue weighted by atomic mass is 10.1. The molecule has 0 bridgehead atoms. The number of methoxy groups -OCH3 is 2. The van der Waals surface area contributed by atoms with Gasteiger partial charge in [-0.25, -0.2) is 4.79 Å².